The highest BCUT2D eigenvalue weighted by Gasteiger charge is 2.16. The highest BCUT2D eigenvalue weighted by molar-refractivity contribution is 7.92. The van der Waals surface area contributed by atoms with Gasteiger partial charge in [-0.1, -0.05) is 23.2 Å². The van der Waals surface area contributed by atoms with Gasteiger partial charge in [-0.25, -0.2) is 8.42 Å². The van der Waals surface area contributed by atoms with Gasteiger partial charge in [0.2, 0.25) is 0 Å². The third-order valence-electron chi connectivity index (χ3n) is 2.93. The zero-order valence-corrected chi connectivity index (χ0v) is 14.7. The van der Waals surface area contributed by atoms with Gasteiger partial charge in [-0.3, -0.25) is 9.52 Å². The fourth-order valence-corrected chi connectivity index (χ4v) is 3.43. The maximum atomic E-state index is 12.3. The summed E-state index contributed by atoms with van der Waals surface area (Å²) in [7, 11) is -0.557. The number of sulfonamides is 1. The van der Waals surface area contributed by atoms with Gasteiger partial charge in [-0.2, -0.15) is 0 Å². The maximum Gasteiger partial charge on any atom is 0.261 e. The van der Waals surface area contributed by atoms with Crippen LogP contribution in [-0.4, -0.2) is 33.3 Å². The lowest BCUT2D eigenvalue weighted by molar-refractivity contribution is 0.0827. The lowest BCUT2D eigenvalue weighted by Gasteiger charge is -2.12. The summed E-state index contributed by atoms with van der Waals surface area (Å²) < 4.78 is 27.1. The predicted octanol–water partition coefficient (Wildman–Crippen LogP) is 3.50. The highest BCUT2D eigenvalue weighted by atomic mass is 35.5. The normalized spacial score (nSPS) is 11.1. The van der Waals surface area contributed by atoms with Crippen molar-refractivity contribution in [3.05, 3.63) is 58.1 Å². The molecule has 0 bridgehead atoms. The number of amides is 1. The average molecular weight is 373 g/mol. The van der Waals surface area contributed by atoms with Crippen LogP contribution in [0.1, 0.15) is 10.4 Å². The molecule has 0 aliphatic rings. The van der Waals surface area contributed by atoms with E-state index in [4.69, 9.17) is 23.2 Å². The lowest BCUT2D eigenvalue weighted by atomic mass is 10.2. The van der Waals surface area contributed by atoms with Crippen molar-refractivity contribution < 1.29 is 13.2 Å². The van der Waals surface area contributed by atoms with Crippen LogP contribution in [0.4, 0.5) is 5.69 Å². The summed E-state index contributed by atoms with van der Waals surface area (Å²) in [5.41, 5.74) is 0.663. The minimum atomic E-state index is -3.80. The van der Waals surface area contributed by atoms with Gasteiger partial charge in [0.15, 0.2) is 0 Å². The number of nitrogens with one attached hydrogen (secondary N) is 1. The van der Waals surface area contributed by atoms with Crippen LogP contribution >= 0.6 is 23.2 Å². The summed E-state index contributed by atoms with van der Waals surface area (Å²) in [5, 5.41) is 0.643. The second kappa shape index (κ2) is 6.78. The highest BCUT2D eigenvalue weighted by Crippen LogP contribution is 2.24. The Bertz CT molecular complexity index is 814. The number of benzene rings is 2. The summed E-state index contributed by atoms with van der Waals surface area (Å²) in [6, 6.07) is 10.1. The molecule has 23 heavy (non-hydrogen) atoms. The van der Waals surface area contributed by atoms with Crippen LogP contribution in [0, 0.1) is 0 Å². The monoisotopic (exact) mass is 372 g/mol. The molecule has 0 aliphatic heterocycles. The van der Waals surface area contributed by atoms with E-state index >= 15 is 0 Å². The fraction of sp³-hybridized carbons (Fsp3) is 0.133. The van der Waals surface area contributed by atoms with Crippen molar-refractivity contribution in [1.82, 2.24) is 4.90 Å². The van der Waals surface area contributed by atoms with Gasteiger partial charge in [-0.15, -0.1) is 0 Å². The molecule has 122 valence electrons. The van der Waals surface area contributed by atoms with Crippen LogP contribution < -0.4 is 4.72 Å². The van der Waals surface area contributed by atoms with E-state index in [1.165, 1.54) is 47.4 Å². The first-order valence-corrected chi connectivity index (χ1v) is 8.73. The number of rotatable bonds is 4. The first-order valence-electron chi connectivity index (χ1n) is 6.50. The van der Waals surface area contributed by atoms with Gasteiger partial charge >= 0.3 is 0 Å². The van der Waals surface area contributed by atoms with Gasteiger partial charge in [0.1, 0.15) is 0 Å². The lowest BCUT2D eigenvalue weighted by Crippen LogP contribution is -2.21. The Labute approximate surface area is 144 Å². The topological polar surface area (TPSA) is 66.5 Å². The molecule has 2 aromatic rings. The Balaban J connectivity index is 2.27. The molecule has 0 atom stereocenters. The van der Waals surface area contributed by atoms with Crippen LogP contribution in [0.25, 0.3) is 0 Å². The molecule has 1 amide bonds. The van der Waals surface area contributed by atoms with E-state index in [0.29, 0.717) is 15.6 Å². The van der Waals surface area contributed by atoms with Crippen molar-refractivity contribution >= 4 is 44.8 Å². The third kappa shape index (κ3) is 4.37. The molecule has 0 saturated carbocycles. The minimum Gasteiger partial charge on any atom is -0.345 e. The second-order valence-corrected chi connectivity index (χ2v) is 7.54. The molecule has 0 fully saturated rings. The summed E-state index contributed by atoms with van der Waals surface area (Å²) in [4.78, 5) is 13.2. The molecule has 0 aliphatic carbocycles. The van der Waals surface area contributed by atoms with Crippen LogP contribution in [0.15, 0.2) is 47.4 Å². The van der Waals surface area contributed by atoms with Crippen LogP contribution in [-0.2, 0) is 10.0 Å². The SMILES string of the molecule is CN(C)C(=O)c1ccc(S(=O)(=O)Nc2cc(Cl)cc(Cl)c2)cc1. The Hall–Kier alpha value is -1.76. The molecule has 2 aromatic carbocycles. The van der Waals surface area contributed by atoms with Gasteiger partial charge in [0.25, 0.3) is 15.9 Å². The van der Waals surface area contributed by atoms with E-state index in [9.17, 15) is 13.2 Å². The molecule has 0 heterocycles. The number of hydrogen-bond acceptors (Lipinski definition) is 3. The fourth-order valence-electron chi connectivity index (χ4n) is 1.86. The van der Waals surface area contributed by atoms with Crippen molar-refractivity contribution in [2.75, 3.05) is 18.8 Å². The molecule has 0 spiro atoms. The first kappa shape index (κ1) is 17.6. The Morgan fingerprint density at radius 2 is 1.52 bits per heavy atom. The number of carbonyl (C=O) groups is 1. The van der Waals surface area contributed by atoms with Crippen molar-refractivity contribution in [3.63, 3.8) is 0 Å². The minimum absolute atomic E-state index is 0.0314. The van der Waals surface area contributed by atoms with Crippen LogP contribution in [0.2, 0.25) is 10.0 Å². The molecule has 8 heteroatoms. The van der Waals surface area contributed by atoms with Crippen molar-refractivity contribution in [3.8, 4) is 0 Å². The van der Waals surface area contributed by atoms with Crippen molar-refractivity contribution in [2.24, 2.45) is 0 Å². The molecule has 2 rings (SSSR count). The molecule has 1 N–H and O–H groups in total. The number of nitrogens with zero attached hydrogens (tertiary/aromatic N) is 1. The quantitative estimate of drug-likeness (QED) is 0.892. The summed E-state index contributed by atoms with van der Waals surface area (Å²) in [5.74, 6) is -0.205. The first-order chi connectivity index (χ1) is 10.7. The number of carbonyl (C=O) groups excluding carboxylic acids is 1. The molecule has 5 nitrogen and oxygen atoms in total. The Morgan fingerprint density at radius 1 is 1.00 bits per heavy atom. The predicted molar refractivity (Wildman–Crippen MR) is 91.7 cm³/mol. The number of halogens is 2. The molecular formula is C15H14Cl2N2O3S. The number of anilines is 1. The smallest absolute Gasteiger partial charge is 0.261 e. The molecule has 0 radical (unpaired) electrons. The van der Waals surface area contributed by atoms with Gasteiger partial charge in [0.05, 0.1) is 10.6 Å². The zero-order valence-electron chi connectivity index (χ0n) is 12.4. The average Bonchev–Trinajstić information content (AvgIpc) is 2.45. The zero-order chi connectivity index (χ0) is 17.2. The van der Waals surface area contributed by atoms with Crippen LogP contribution in [0.3, 0.4) is 0 Å². The van der Waals surface area contributed by atoms with E-state index in [1.54, 1.807) is 14.1 Å². The summed E-state index contributed by atoms with van der Waals surface area (Å²) in [6.07, 6.45) is 0. The Morgan fingerprint density at radius 3 is 2.00 bits per heavy atom. The standard InChI is InChI=1S/C15H14Cl2N2O3S/c1-19(2)15(20)10-3-5-14(6-4-10)23(21,22)18-13-8-11(16)7-12(17)9-13/h3-9,18H,1-2H3. The summed E-state index contributed by atoms with van der Waals surface area (Å²) in [6.45, 7) is 0. The van der Waals surface area contributed by atoms with Crippen molar-refractivity contribution in [1.29, 1.82) is 0 Å². The van der Waals surface area contributed by atoms with Crippen molar-refractivity contribution in [2.45, 2.75) is 4.90 Å². The maximum absolute atomic E-state index is 12.3. The molecule has 0 unspecified atom stereocenters. The van der Waals surface area contributed by atoms with Crippen LogP contribution in [0.5, 0.6) is 0 Å². The third-order valence-corrected chi connectivity index (χ3v) is 4.77. The molecule has 0 aromatic heterocycles. The largest absolute Gasteiger partial charge is 0.345 e. The molecular weight excluding hydrogens is 359 g/mol. The second-order valence-electron chi connectivity index (χ2n) is 4.99. The van der Waals surface area contributed by atoms with Gasteiger partial charge in [0, 0.05) is 29.7 Å². The summed E-state index contributed by atoms with van der Waals surface area (Å²) >= 11 is 11.7. The van der Waals surface area contributed by atoms with E-state index < -0.39 is 10.0 Å². The molecule has 0 saturated heterocycles. The Kier molecular flexibility index (Phi) is 5.19. The van der Waals surface area contributed by atoms with E-state index in [0.717, 1.165) is 0 Å². The van der Waals surface area contributed by atoms with Gasteiger partial charge in [-0.05, 0) is 42.5 Å². The van der Waals surface area contributed by atoms with E-state index in [1.807, 2.05) is 0 Å². The number of hydrogen-bond donors (Lipinski definition) is 1. The van der Waals surface area contributed by atoms with E-state index in [-0.39, 0.29) is 16.5 Å². The van der Waals surface area contributed by atoms with Gasteiger partial charge < -0.3 is 4.90 Å². The van der Waals surface area contributed by atoms with E-state index in [2.05, 4.69) is 4.72 Å².